The first kappa shape index (κ1) is 16.1. The molecule has 2 aromatic carbocycles. The Morgan fingerprint density at radius 3 is 2.67 bits per heavy atom. The van der Waals surface area contributed by atoms with Gasteiger partial charge in [-0.05, 0) is 29.8 Å². The minimum atomic E-state index is -0.196. The lowest BCUT2D eigenvalue weighted by Crippen LogP contribution is -2.29. The molecule has 0 unspecified atom stereocenters. The molecule has 4 nitrogen and oxygen atoms in total. The van der Waals surface area contributed by atoms with Gasteiger partial charge in [-0.3, -0.25) is 4.79 Å². The molecule has 0 atom stereocenters. The van der Waals surface area contributed by atoms with Crippen LogP contribution in [0.1, 0.15) is 16.2 Å². The zero-order chi connectivity index (χ0) is 17.1. The van der Waals surface area contributed by atoms with Crippen molar-refractivity contribution >= 4 is 28.5 Å². The number of amides is 1. The third-order valence-corrected chi connectivity index (χ3v) is 4.03. The lowest BCUT2D eigenvalue weighted by molar-refractivity contribution is 0.0797. The number of benzene rings is 2. The first-order chi connectivity index (χ1) is 11.6. The molecule has 1 heterocycles. The molecule has 1 amide bonds. The fourth-order valence-corrected chi connectivity index (χ4v) is 2.68. The van der Waals surface area contributed by atoms with E-state index in [1.165, 1.54) is 4.90 Å². The monoisotopic (exact) mass is 337 g/mol. The van der Waals surface area contributed by atoms with Crippen molar-refractivity contribution in [3.63, 3.8) is 0 Å². The van der Waals surface area contributed by atoms with E-state index >= 15 is 0 Å². The van der Waals surface area contributed by atoms with Gasteiger partial charge in [0.05, 0.1) is 17.6 Å². The average molecular weight is 338 g/mol. The van der Waals surface area contributed by atoms with E-state index in [9.17, 15) is 4.79 Å². The normalized spacial score (nSPS) is 10.5. The maximum absolute atomic E-state index is 12.7. The Kier molecular flexibility index (Phi) is 4.54. The molecule has 0 N–H and O–H groups in total. The van der Waals surface area contributed by atoms with Gasteiger partial charge in [0.15, 0.2) is 0 Å². The van der Waals surface area contributed by atoms with Gasteiger partial charge in [0.2, 0.25) is 5.82 Å². The molecule has 0 aliphatic carbocycles. The molecule has 3 aromatic rings. The number of carbonyl (C=O) groups excluding carboxylic acids is 1. The van der Waals surface area contributed by atoms with Gasteiger partial charge in [-0.25, -0.2) is 4.98 Å². The van der Waals surface area contributed by atoms with E-state index in [0.717, 1.165) is 16.6 Å². The number of terminal acetylenes is 1. The second-order valence-electron chi connectivity index (χ2n) is 5.50. The molecule has 0 aliphatic heterocycles. The van der Waals surface area contributed by atoms with E-state index in [1.807, 2.05) is 53.1 Å². The Morgan fingerprint density at radius 2 is 1.96 bits per heavy atom. The molecular formula is C19H16ClN3O. The summed E-state index contributed by atoms with van der Waals surface area (Å²) in [6.45, 7) is 0.769. The second-order valence-corrected chi connectivity index (χ2v) is 5.94. The summed E-state index contributed by atoms with van der Waals surface area (Å²) >= 11 is 5.95. The van der Waals surface area contributed by atoms with Crippen molar-refractivity contribution in [1.29, 1.82) is 0 Å². The van der Waals surface area contributed by atoms with Gasteiger partial charge in [0, 0.05) is 18.6 Å². The highest BCUT2D eigenvalue weighted by Gasteiger charge is 2.20. The number of imidazole rings is 1. The zero-order valence-electron chi connectivity index (χ0n) is 13.2. The van der Waals surface area contributed by atoms with Crippen LogP contribution in [0.5, 0.6) is 0 Å². The Bertz CT molecular complexity index is 922. The standard InChI is InChI=1S/C19H16ClN3O/c1-3-12-22(2)19(24)18-21-16-6-4-5-7-17(16)23(18)13-14-8-10-15(20)11-9-14/h1,4-11H,12-13H2,2H3. The number of fused-ring (bicyclic) bond motifs is 1. The highest BCUT2D eigenvalue weighted by molar-refractivity contribution is 6.30. The van der Waals surface area contributed by atoms with Crippen LogP contribution in [0.25, 0.3) is 11.0 Å². The molecule has 0 radical (unpaired) electrons. The SMILES string of the molecule is C#CCN(C)C(=O)c1nc2ccccc2n1Cc1ccc(Cl)cc1. The van der Waals surface area contributed by atoms with Crippen molar-refractivity contribution in [2.24, 2.45) is 0 Å². The van der Waals surface area contributed by atoms with Gasteiger partial charge in [-0.15, -0.1) is 6.42 Å². The number of nitrogens with zero attached hydrogens (tertiary/aromatic N) is 3. The summed E-state index contributed by atoms with van der Waals surface area (Å²) in [5, 5.41) is 0.680. The largest absolute Gasteiger partial charge is 0.328 e. The van der Waals surface area contributed by atoms with Crippen molar-refractivity contribution in [1.82, 2.24) is 14.5 Å². The molecular weight excluding hydrogens is 322 g/mol. The number of rotatable bonds is 4. The van der Waals surface area contributed by atoms with Gasteiger partial charge in [-0.2, -0.15) is 0 Å². The van der Waals surface area contributed by atoms with Gasteiger partial charge in [0.25, 0.3) is 5.91 Å². The van der Waals surface area contributed by atoms with Crippen molar-refractivity contribution in [2.75, 3.05) is 13.6 Å². The van der Waals surface area contributed by atoms with E-state index in [4.69, 9.17) is 18.0 Å². The molecule has 0 aliphatic rings. The van der Waals surface area contributed by atoms with E-state index in [-0.39, 0.29) is 12.5 Å². The lowest BCUT2D eigenvalue weighted by Gasteiger charge is -2.15. The van der Waals surface area contributed by atoms with Gasteiger partial charge >= 0.3 is 0 Å². The topological polar surface area (TPSA) is 38.1 Å². The Labute approximate surface area is 145 Å². The van der Waals surface area contributed by atoms with Crippen molar-refractivity contribution in [3.05, 3.63) is 64.9 Å². The number of carbonyl (C=O) groups is 1. The van der Waals surface area contributed by atoms with Crippen LogP contribution in [-0.2, 0) is 6.54 Å². The van der Waals surface area contributed by atoms with E-state index < -0.39 is 0 Å². The molecule has 0 spiro atoms. The number of halogens is 1. The molecule has 3 rings (SSSR count). The van der Waals surface area contributed by atoms with Gasteiger partial charge in [0.1, 0.15) is 0 Å². The molecule has 1 aromatic heterocycles. The quantitative estimate of drug-likeness (QED) is 0.684. The maximum Gasteiger partial charge on any atom is 0.290 e. The Balaban J connectivity index is 2.07. The second kappa shape index (κ2) is 6.77. The van der Waals surface area contributed by atoms with Crippen LogP contribution in [0.4, 0.5) is 0 Å². The number of hydrogen-bond donors (Lipinski definition) is 0. The Hall–Kier alpha value is -2.77. The summed E-state index contributed by atoms with van der Waals surface area (Å²) < 4.78 is 1.91. The Morgan fingerprint density at radius 1 is 1.25 bits per heavy atom. The molecule has 5 heteroatoms. The van der Waals surface area contributed by atoms with Crippen LogP contribution in [0, 0.1) is 12.3 Å². The van der Waals surface area contributed by atoms with Crippen LogP contribution in [-0.4, -0.2) is 34.0 Å². The van der Waals surface area contributed by atoms with Gasteiger partial charge < -0.3 is 9.47 Å². The molecule has 0 bridgehead atoms. The molecule has 120 valence electrons. The minimum Gasteiger partial charge on any atom is -0.328 e. The third-order valence-electron chi connectivity index (χ3n) is 3.77. The first-order valence-electron chi connectivity index (χ1n) is 7.49. The van der Waals surface area contributed by atoms with Gasteiger partial charge in [-0.1, -0.05) is 41.8 Å². The minimum absolute atomic E-state index is 0.196. The molecule has 24 heavy (non-hydrogen) atoms. The third kappa shape index (κ3) is 3.12. The highest BCUT2D eigenvalue weighted by atomic mass is 35.5. The van der Waals surface area contributed by atoms with Crippen LogP contribution in [0.15, 0.2) is 48.5 Å². The maximum atomic E-state index is 12.7. The number of hydrogen-bond acceptors (Lipinski definition) is 2. The smallest absolute Gasteiger partial charge is 0.290 e. The average Bonchev–Trinajstić information content (AvgIpc) is 2.95. The fraction of sp³-hybridized carbons (Fsp3) is 0.158. The first-order valence-corrected chi connectivity index (χ1v) is 7.86. The van der Waals surface area contributed by atoms with E-state index in [0.29, 0.717) is 17.4 Å². The summed E-state index contributed by atoms with van der Waals surface area (Å²) in [6, 6.07) is 15.2. The lowest BCUT2D eigenvalue weighted by atomic mass is 10.2. The molecule has 0 saturated heterocycles. The molecule has 0 saturated carbocycles. The van der Waals surface area contributed by atoms with Crippen molar-refractivity contribution in [3.8, 4) is 12.3 Å². The van der Waals surface area contributed by atoms with Crippen molar-refractivity contribution in [2.45, 2.75) is 6.54 Å². The van der Waals surface area contributed by atoms with Crippen LogP contribution < -0.4 is 0 Å². The number of para-hydroxylation sites is 2. The summed E-state index contributed by atoms with van der Waals surface area (Å²) in [5.41, 5.74) is 2.73. The predicted octanol–water partition coefficient (Wildman–Crippen LogP) is 3.44. The predicted molar refractivity (Wildman–Crippen MR) is 96.1 cm³/mol. The summed E-state index contributed by atoms with van der Waals surface area (Å²) in [6.07, 6.45) is 5.31. The van der Waals surface area contributed by atoms with Crippen LogP contribution in [0.3, 0.4) is 0 Å². The van der Waals surface area contributed by atoms with Crippen LogP contribution in [0.2, 0.25) is 5.02 Å². The summed E-state index contributed by atoms with van der Waals surface area (Å²) in [7, 11) is 1.67. The summed E-state index contributed by atoms with van der Waals surface area (Å²) in [5.74, 6) is 2.66. The van der Waals surface area contributed by atoms with E-state index in [1.54, 1.807) is 7.05 Å². The highest BCUT2D eigenvalue weighted by Crippen LogP contribution is 2.20. The van der Waals surface area contributed by atoms with Crippen LogP contribution >= 0.6 is 11.6 Å². The van der Waals surface area contributed by atoms with Crippen molar-refractivity contribution < 1.29 is 4.79 Å². The molecule has 0 fully saturated rings. The fourth-order valence-electron chi connectivity index (χ4n) is 2.55. The van der Waals surface area contributed by atoms with E-state index in [2.05, 4.69) is 10.9 Å². The number of aromatic nitrogens is 2. The zero-order valence-corrected chi connectivity index (χ0v) is 14.0. The summed E-state index contributed by atoms with van der Waals surface area (Å²) in [4.78, 5) is 18.7.